The summed E-state index contributed by atoms with van der Waals surface area (Å²) in [7, 11) is -1.83. The maximum Gasteiger partial charge on any atom is 0.331 e. The third-order valence-corrected chi connectivity index (χ3v) is 3.43. The zero-order valence-corrected chi connectivity index (χ0v) is 10.4. The molecular weight excluding hydrogens is 180 g/mol. The predicted octanol–water partition coefficient (Wildman–Crippen LogP) is 3.10. The van der Waals surface area contributed by atoms with Crippen LogP contribution in [0.4, 0.5) is 0 Å². The molecule has 0 atom stereocenters. The normalized spacial score (nSPS) is 11.7. The fourth-order valence-electron chi connectivity index (χ4n) is 0.861. The van der Waals surface area contributed by atoms with Crippen LogP contribution in [-0.4, -0.2) is 21.8 Å². The second-order valence-electron chi connectivity index (χ2n) is 3.80. The molecule has 0 saturated carbocycles. The molecule has 0 spiro atoms. The molecule has 0 aromatic carbocycles. The Morgan fingerprint density at radius 3 is 2.23 bits per heavy atom. The van der Waals surface area contributed by atoms with Gasteiger partial charge in [-0.25, -0.2) is 0 Å². The third kappa shape index (κ3) is 8.21. The van der Waals surface area contributed by atoms with Crippen molar-refractivity contribution in [2.75, 3.05) is 13.2 Å². The van der Waals surface area contributed by atoms with Gasteiger partial charge in [0.15, 0.2) is 0 Å². The maximum atomic E-state index is 5.70. The Hall–Kier alpha value is -0.123. The average Bonchev–Trinajstić information content (AvgIpc) is 2.00. The molecule has 3 heteroatoms. The van der Waals surface area contributed by atoms with Crippen molar-refractivity contribution >= 4 is 8.56 Å². The van der Waals surface area contributed by atoms with Crippen LogP contribution in [0.5, 0.6) is 0 Å². The van der Waals surface area contributed by atoms with Gasteiger partial charge in [-0.3, -0.25) is 0 Å². The van der Waals surface area contributed by atoms with E-state index in [0.29, 0.717) is 0 Å². The molecule has 0 N–H and O–H groups in total. The maximum absolute atomic E-state index is 5.70. The van der Waals surface area contributed by atoms with Crippen molar-refractivity contribution in [3.8, 4) is 0 Å². The monoisotopic (exact) mass is 202 g/mol. The van der Waals surface area contributed by atoms with Crippen molar-refractivity contribution in [3.63, 3.8) is 0 Å². The van der Waals surface area contributed by atoms with Crippen LogP contribution in [0.1, 0.15) is 26.7 Å². The Bertz CT molecular complexity index is 155. The SMILES string of the molecule is C=C(C)CCO[Si](C)(C)OCCC. The van der Waals surface area contributed by atoms with E-state index in [1.807, 2.05) is 6.92 Å². The van der Waals surface area contributed by atoms with E-state index < -0.39 is 8.56 Å². The lowest BCUT2D eigenvalue weighted by atomic mass is 10.3. The summed E-state index contributed by atoms with van der Waals surface area (Å²) in [5, 5.41) is 0. The molecule has 0 radical (unpaired) electrons. The molecule has 0 aromatic heterocycles. The first-order valence-corrected chi connectivity index (χ1v) is 7.72. The van der Waals surface area contributed by atoms with Crippen molar-refractivity contribution in [2.45, 2.75) is 39.8 Å². The fourth-order valence-corrected chi connectivity index (χ4v) is 2.23. The molecule has 0 rings (SSSR count). The van der Waals surface area contributed by atoms with E-state index in [1.54, 1.807) is 0 Å². The van der Waals surface area contributed by atoms with E-state index in [9.17, 15) is 0 Å². The minimum atomic E-state index is -1.83. The zero-order valence-electron chi connectivity index (χ0n) is 9.35. The Labute approximate surface area is 83.2 Å². The summed E-state index contributed by atoms with van der Waals surface area (Å²) in [5.41, 5.74) is 1.17. The minimum absolute atomic E-state index is 0.748. The molecule has 0 aliphatic carbocycles. The third-order valence-electron chi connectivity index (χ3n) is 1.63. The number of rotatable bonds is 7. The molecule has 0 unspecified atom stereocenters. The lowest BCUT2D eigenvalue weighted by Crippen LogP contribution is -2.35. The van der Waals surface area contributed by atoms with Gasteiger partial charge in [-0.15, -0.1) is 6.58 Å². The first-order chi connectivity index (χ1) is 5.98. The molecule has 0 aromatic rings. The first-order valence-electron chi connectivity index (χ1n) is 4.90. The van der Waals surface area contributed by atoms with Gasteiger partial charge in [0.05, 0.1) is 0 Å². The zero-order chi connectivity index (χ0) is 10.3. The number of hydrogen-bond acceptors (Lipinski definition) is 2. The van der Waals surface area contributed by atoms with Gasteiger partial charge in [-0.2, -0.15) is 0 Å². The van der Waals surface area contributed by atoms with Crippen LogP contribution in [0, 0.1) is 0 Å². The van der Waals surface area contributed by atoms with E-state index in [0.717, 1.165) is 26.1 Å². The van der Waals surface area contributed by atoms with Gasteiger partial charge in [-0.1, -0.05) is 12.5 Å². The van der Waals surface area contributed by atoms with E-state index in [1.165, 1.54) is 5.57 Å². The molecule has 0 aliphatic rings. The Morgan fingerprint density at radius 2 is 1.77 bits per heavy atom. The van der Waals surface area contributed by atoms with Gasteiger partial charge in [-0.05, 0) is 32.9 Å². The van der Waals surface area contributed by atoms with Crippen LogP contribution in [0.25, 0.3) is 0 Å². The van der Waals surface area contributed by atoms with Crippen LogP contribution in [0.15, 0.2) is 12.2 Å². The summed E-state index contributed by atoms with van der Waals surface area (Å²) in [6.07, 6.45) is 1.99. The lowest BCUT2D eigenvalue weighted by Gasteiger charge is -2.22. The summed E-state index contributed by atoms with van der Waals surface area (Å²) in [6, 6.07) is 0. The first kappa shape index (κ1) is 12.9. The van der Waals surface area contributed by atoms with E-state index in [-0.39, 0.29) is 0 Å². The smallest absolute Gasteiger partial charge is 0.331 e. The number of hydrogen-bond donors (Lipinski definition) is 0. The van der Waals surface area contributed by atoms with Crippen LogP contribution >= 0.6 is 0 Å². The van der Waals surface area contributed by atoms with Gasteiger partial charge in [0, 0.05) is 13.2 Å². The summed E-state index contributed by atoms with van der Waals surface area (Å²) in [4.78, 5) is 0. The van der Waals surface area contributed by atoms with Gasteiger partial charge >= 0.3 is 8.56 Å². The van der Waals surface area contributed by atoms with Gasteiger partial charge in [0.1, 0.15) is 0 Å². The summed E-state index contributed by atoms with van der Waals surface area (Å²) in [5.74, 6) is 0. The molecule has 0 bridgehead atoms. The summed E-state index contributed by atoms with van der Waals surface area (Å²) in [6.45, 7) is 13.7. The van der Waals surface area contributed by atoms with Crippen LogP contribution in [0.2, 0.25) is 13.1 Å². The molecule has 0 amide bonds. The van der Waals surface area contributed by atoms with Gasteiger partial charge in [0.25, 0.3) is 0 Å². The topological polar surface area (TPSA) is 18.5 Å². The highest BCUT2D eigenvalue weighted by Gasteiger charge is 2.23. The van der Waals surface area contributed by atoms with Crippen molar-refractivity contribution in [1.29, 1.82) is 0 Å². The molecule has 78 valence electrons. The van der Waals surface area contributed by atoms with Crippen molar-refractivity contribution in [3.05, 3.63) is 12.2 Å². The highest BCUT2D eigenvalue weighted by molar-refractivity contribution is 6.64. The fraction of sp³-hybridized carbons (Fsp3) is 0.800. The molecule has 0 aliphatic heterocycles. The van der Waals surface area contributed by atoms with Crippen LogP contribution < -0.4 is 0 Å². The van der Waals surface area contributed by atoms with E-state index in [4.69, 9.17) is 8.85 Å². The molecular formula is C10H22O2Si. The summed E-state index contributed by atoms with van der Waals surface area (Å²) >= 11 is 0. The molecule has 0 fully saturated rings. The summed E-state index contributed by atoms with van der Waals surface area (Å²) < 4.78 is 11.3. The van der Waals surface area contributed by atoms with E-state index in [2.05, 4.69) is 26.6 Å². The largest absolute Gasteiger partial charge is 0.395 e. The lowest BCUT2D eigenvalue weighted by molar-refractivity contribution is 0.181. The highest BCUT2D eigenvalue weighted by atomic mass is 28.4. The standard InChI is InChI=1S/C10H22O2Si/c1-6-8-11-13(4,5)12-9-7-10(2)3/h2,6-9H2,1,3-5H3. The quantitative estimate of drug-likeness (QED) is 0.466. The van der Waals surface area contributed by atoms with Crippen LogP contribution in [0.3, 0.4) is 0 Å². The second-order valence-corrected chi connectivity index (χ2v) is 7.18. The van der Waals surface area contributed by atoms with Gasteiger partial charge in [0.2, 0.25) is 0 Å². The minimum Gasteiger partial charge on any atom is -0.395 e. The Morgan fingerprint density at radius 1 is 1.23 bits per heavy atom. The Kier molecular flexibility index (Phi) is 6.29. The predicted molar refractivity (Wildman–Crippen MR) is 59.1 cm³/mol. The molecule has 0 saturated heterocycles. The van der Waals surface area contributed by atoms with Crippen molar-refractivity contribution in [2.24, 2.45) is 0 Å². The van der Waals surface area contributed by atoms with Crippen molar-refractivity contribution in [1.82, 2.24) is 0 Å². The second kappa shape index (κ2) is 6.35. The van der Waals surface area contributed by atoms with E-state index >= 15 is 0 Å². The van der Waals surface area contributed by atoms with Crippen molar-refractivity contribution < 1.29 is 8.85 Å². The highest BCUT2D eigenvalue weighted by Crippen LogP contribution is 2.08. The van der Waals surface area contributed by atoms with Gasteiger partial charge < -0.3 is 8.85 Å². The average molecular weight is 202 g/mol. The molecule has 2 nitrogen and oxygen atoms in total. The molecule has 13 heavy (non-hydrogen) atoms. The molecule has 0 heterocycles. The Balaban J connectivity index is 3.56. The van der Waals surface area contributed by atoms with Crippen LogP contribution in [-0.2, 0) is 8.85 Å².